The van der Waals surface area contributed by atoms with Crippen LogP contribution in [0, 0.1) is 0 Å². The topological polar surface area (TPSA) is 93.2 Å². The first-order valence-corrected chi connectivity index (χ1v) is 8.91. The molecule has 0 aliphatic carbocycles. The normalized spacial score (nSPS) is 16.5. The predicted octanol–water partition coefficient (Wildman–Crippen LogP) is 1.08. The molecule has 138 valence electrons. The summed E-state index contributed by atoms with van der Waals surface area (Å²) >= 11 is 0. The van der Waals surface area contributed by atoms with Gasteiger partial charge in [0.15, 0.2) is 0 Å². The van der Waals surface area contributed by atoms with Gasteiger partial charge < -0.3 is 15.0 Å². The van der Waals surface area contributed by atoms with Gasteiger partial charge in [0.2, 0.25) is 0 Å². The second-order valence-corrected chi connectivity index (χ2v) is 6.40. The lowest BCUT2D eigenvalue weighted by Crippen LogP contribution is -2.42. The van der Waals surface area contributed by atoms with Crippen molar-refractivity contribution in [3.05, 3.63) is 68.5 Å². The van der Waals surface area contributed by atoms with Gasteiger partial charge in [-0.2, -0.15) is 0 Å². The standard InChI is InChI=1S/C19H23N3O4/c23-17(20-10-4-8-14-6-2-1-3-7-14)16-12-21-19(25)22(18(16)24)13-15-9-5-11-26-15/h1-3,6-7,12,15H,4-5,8-11,13H2,(H,20,23)(H,21,25). The number of nitrogens with zero attached hydrogens (tertiary/aromatic N) is 1. The zero-order valence-corrected chi connectivity index (χ0v) is 14.6. The van der Waals surface area contributed by atoms with Crippen LogP contribution in [-0.4, -0.2) is 34.7 Å². The number of aromatic amines is 1. The highest BCUT2D eigenvalue weighted by molar-refractivity contribution is 5.93. The van der Waals surface area contributed by atoms with Crippen LogP contribution in [0.2, 0.25) is 0 Å². The molecule has 2 N–H and O–H groups in total. The summed E-state index contributed by atoms with van der Waals surface area (Å²) in [6.45, 7) is 1.26. The molecule has 26 heavy (non-hydrogen) atoms. The number of carbonyl (C=O) groups excluding carboxylic acids is 1. The minimum atomic E-state index is -0.579. The van der Waals surface area contributed by atoms with E-state index in [2.05, 4.69) is 10.3 Å². The average Bonchev–Trinajstić information content (AvgIpc) is 3.16. The molecule has 7 heteroatoms. The first-order valence-electron chi connectivity index (χ1n) is 8.91. The maximum absolute atomic E-state index is 12.5. The molecular weight excluding hydrogens is 334 g/mol. The van der Waals surface area contributed by atoms with Gasteiger partial charge in [0.1, 0.15) is 5.56 Å². The van der Waals surface area contributed by atoms with Crippen LogP contribution < -0.4 is 16.6 Å². The number of hydrogen-bond donors (Lipinski definition) is 2. The fourth-order valence-corrected chi connectivity index (χ4v) is 3.07. The van der Waals surface area contributed by atoms with Gasteiger partial charge in [0, 0.05) is 19.3 Å². The number of aryl methyl sites for hydroxylation is 1. The fraction of sp³-hybridized carbons (Fsp3) is 0.421. The second-order valence-electron chi connectivity index (χ2n) is 6.40. The highest BCUT2D eigenvalue weighted by atomic mass is 16.5. The van der Waals surface area contributed by atoms with E-state index in [0.717, 1.165) is 30.3 Å². The van der Waals surface area contributed by atoms with Gasteiger partial charge >= 0.3 is 5.69 Å². The van der Waals surface area contributed by atoms with E-state index >= 15 is 0 Å². The van der Waals surface area contributed by atoms with Crippen molar-refractivity contribution in [2.45, 2.75) is 38.3 Å². The van der Waals surface area contributed by atoms with Crippen molar-refractivity contribution in [3.8, 4) is 0 Å². The van der Waals surface area contributed by atoms with Gasteiger partial charge in [-0.25, -0.2) is 4.79 Å². The first-order chi connectivity index (χ1) is 12.6. The van der Waals surface area contributed by atoms with Crippen molar-refractivity contribution in [2.24, 2.45) is 0 Å². The number of H-pyrrole nitrogens is 1. The Morgan fingerprint density at radius 1 is 1.27 bits per heavy atom. The van der Waals surface area contributed by atoms with Crippen LogP contribution in [0.4, 0.5) is 0 Å². The maximum Gasteiger partial charge on any atom is 0.328 e. The van der Waals surface area contributed by atoms with E-state index in [4.69, 9.17) is 4.74 Å². The van der Waals surface area contributed by atoms with Gasteiger partial charge in [-0.15, -0.1) is 0 Å². The Labute approximate surface area is 151 Å². The third-order valence-electron chi connectivity index (χ3n) is 4.49. The van der Waals surface area contributed by atoms with Crippen molar-refractivity contribution < 1.29 is 9.53 Å². The largest absolute Gasteiger partial charge is 0.376 e. The lowest BCUT2D eigenvalue weighted by molar-refractivity contribution is 0.0923. The third-order valence-corrected chi connectivity index (χ3v) is 4.49. The van der Waals surface area contributed by atoms with E-state index in [-0.39, 0.29) is 18.2 Å². The Balaban J connectivity index is 1.60. The lowest BCUT2D eigenvalue weighted by atomic mass is 10.1. The highest BCUT2D eigenvalue weighted by Gasteiger charge is 2.20. The van der Waals surface area contributed by atoms with Crippen LogP contribution in [0.5, 0.6) is 0 Å². The van der Waals surface area contributed by atoms with E-state index in [1.54, 1.807) is 0 Å². The number of hydrogen-bond acceptors (Lipinski definition) is 4. The molecule has 1 fully saturated rings. The molecule has 2 heterocycles. The van der Waals surface area contributed by atoms with E-state index in [0.29, 0.717) is 13.2 Å². The highest BCUT2D eigenvalue weighted by Crippen LogP contribution is 2.12. The zero-order valence-electron chi connectivity index (χ0n) is 14.6. The number of rotatable bonds is 7. The number of carbonyl (C=O) groups is 1. The molecule has 0 bridgehead atoms. The van der Waals surface area contributed by atoms with Crippen molar-refractivity contribution in [1.82, 2.24) is 14.9 Å². The first kappa shape index (κ1) is 18.1. The van der Waals surface area contributed by atoms with Crippen LogP contribution in [0.25, 0.3) is 0 Å². The molecule has 0 radical (unpaired) electrons. The Morgan fingerprint density at radius 2 is 2.08 bits per heavy atom. The number of ether oxygens (including phenoxy) is 1. The summed E-state index contributed by atoms with van der Waals surface area (Å²) in [5, 5.41) is 2.74. The molecule has 0 spiro atoms. The van der Waals surface area contributed by atoms with E-state index in [9.17, 15) is 14.4 Å². The molecule has 3 rings (SSSR count). The van der Waals surface area contributed by atoms with Gasteiger partial charge in [-0.1, -0.05) is 30.3 Å². The summed E-state index contributed by atoms with van der Waals surface area (Å²) < 4.78 is 6.53. The van der Waals surface area contributed by atoms with Crippen molar-refractivity contribution in [1.29, 1.82) is 0 Å². The Bertz CT molecular complexity index is 851. The molecule has 1 saturated heterocycles. The van der Waals surface area contributed by atoms with Crippen LogP contribution in [0.3, 0.4) is 0 Å². The fourth-order valence-electron chi connectivity index (χ4n) is 3.07. The van der Waals surface area contributed by atoms with Crippen LogP contribution in [0.15, 0.2) is 46.1 Å². The predicted molar refractivity (Wildman–Crippen MR) is 97.4 cm³/mol. The molecule has 1 atom stereocenters. The summed E-state index contributed by atoms with van der Waals surface area (Å²) in [4.78, 5) is 39.2. The van der Waals surface area contributed by atoms with Gasteiger partial charge in [0.05, 0.1) is 12.6 Å². The van der Waals surface area contributed by atoms with Crippen molar-refractivity contribution in [3.63, 3.8) is 0 Å². The Kier molecular flexibility index (Phi) is 6.01. The lowest BCUT2D eigenvalue weighted by Gasteiger charge is -2.12. The number of amides is 1. The molecule has 1 aromatic carbocycles. The van der Waals surface area contributed by atoms with Gasteiger partial charge in [-0.3, -0.25) is 14.2 Å². The quantitative estimate of drug-likeness (QED) is 0.725. The molecule has 1 aromatic heterocycles. The van der Waals surface area contributed by atoms with Crippen molar-refractivity contribution in [2.75, 3.05) is 13.2 Å². The van der Waals surface area contributed by atoms with Crippen molar-refractivity contribution >= 4 is 5.91 Å². The monoisotopic (exact) mass is 357 g/mol. The van der Waals surface area contributed by atoms with Crippen LogP contribution in [0.1, 0.15) is 35.2 Å². The Morgan fingerprint density at radius 3 is 2.81 bits per heavy atom. The summed E-state index contributed by atoms with van der Waals surface area (Å²) in [6.07, 6.45) is 4.36. The minimum Gasteiger partial charge on any atom is -0.376 e. The molecule has 1 amide bonds. The molecule has 7 nitrogen and oxygen atoms in total. The molecule has 2 aromatic rings. The zero-order chi connectivity index (χ0) is 18.4. The second kappa shape index (κ2) is 8.62. The van der Waals surface area contributed by atoms with E-state index < -0.39 is 17.2 Å². The third kappa shape index (κ3) is 4.49. The number of benzene rings is 1. The molecule has 1 unspecified atom stereocenters. The maximum atomic E-state index is 12.5. The van der Waals surface area contributed by atoms with Crippen LogP contribution >= 0.6 is 0 Å². The number of nitrogens with one attached hydrogen (secondary N) is 2. The molecular formula is C19H23N3O4. The molecule has 0 saturated carbocycles. The molecule has 1 aliphatic heterocycles. The SMILES string of the molecule is O=C(NCCCc1ccccc1)c1c[nH]c(=O)n(CC2CCCO2)c1=O. The van der Waals surface area contributed by atoms with Gasteiger partial charge in [-0.05, 0) is 31.2 Å². The molecule has 1 aliphatic rings. The smallest absolute Gasteiger partial charge is 0.328 e. The average molecular weight is 357 g/mol. The summed E-state index contributed by atoms with van der Waals surface area (Å²) in [5.41, 5.74) is 0.0444. The summed E-state index contributed by atoms with van der Waals surface area (Å²) in [6, 6.07) is 9.99. The summed E-state index contributed by atoms with van der Waals surface area (Å²) in [5.74, 6) is -0.472. The van der Waals surface area contributed by atoms with E-state index in [1.165, 1.54) is 11.8 Å². The van der Waals surface area contributed by atoms with E-state index in [1.807, 2.05) is 30.3 Å². The van der Waals surface area contributed by atoms with Crippen LogP contribution in [-0.2, 0) is 17.7 Å². The minimum absolute atomic E-state index is 0.0534. The Hall–Kier alpha value is -2.67. The number of aromatic nitrogens is 2. The summed E-state index contributed by atoms with van der Waals surface area (Å²) in [7, 11) is 0. The van der Waals surface area contributed by atoms with Gasteiger partial charge in [0.25, 0.3) is 11.5 Å².